The molecule has 1 aliphatic rings. The highest BCUT2D eigenvalue weighted by molar-refractivity contribution is 7.89. The van der Waals surface area contributed by atoms with Crippen LogP contribution in [0.25, 0.3) is 0 Å². The quantitative estimate of drug-likeness (QED) is 0.514. The smallest absolute Gasteiger partial charge is 0.251 e. The summed E-state index contributed by atoms with van der Waals surface area (Å²) in [7, 11) is -3.83. The first kappa shape index (κ1) is 23.9. The SMILES string of the molecule is Cc1ccc(CNc2ccc(C(=O)NCc3cccnc3)cc2S(=O)(=O)N2CCOCC2)cc1. The van der Waals surface area contributed by atoms with Gasteiger partial charge in [0.15, 0.2) is 0 Å². The van der Waals surface area contributed by atoms with Crippen LogP contribution in [0.4, 0.5) is 5.69 Å². The van der Waals surface area contributed by atoms with Gasteiger partial charge in [0.2, 0.25) is 10.0 Å². The molecule has 8 nitrogen and oxygen atoms in total. The number of nitrogens with one attached hydrogen (secondary N) is 2. The molecule has 1 saturated heterocycles. The third kappa shape index (κ3) is 5.80. The fourth-order valence-corrected chi connectivity index (χ4v) is 5.24. The van der Waals surface area contributed by atoms with Crippen molar-refractivity contribution in [3.05, 3.63) is 89.2 Å². The normalized spacial score (nSPS) is 14.5. The lowest BCUT2D eigenvalue weighted by Crippen LogP contribution is -2.41. The van der Waals surface area contributed by atoms with Crippen molar-refractivity contribution in [3.63, 3.8) is 0 Å². The van der Waals surface area contributed by atoms with Crippen LogP contribution in [-0.2, 0) is 27.8 Å². The molecule has 34 heavy (non-hydrogen) atoms. The lowest BCUT2D eigenvalue weighted by atomic mass is 10.1. The van der Waals surface area contributed by atoms with Crippen LogP contribution >= 0.6 is 0 Å². The number of hydrogen-bond donors (Lipinski definition) is 2. The number of nitrogens with zero attached hydrogens (tertiary/aromatic N) is 2. The van der Waals surface area contributed by atoms with E-state index in [0.29, 0.717) is 32.0 Å². The average molecular weight is 481 g/mol. The molecular weight excluding hydrogens is 452 g/mol. The van der Waals surface area contributed by atoms with E-state index in [-0.39, 0.29) is 29.5 Å². The number of amides is 1. The van der Waals surface area contributed by atoms with Crippen molar-refractivity contribution in [2.45, 2.75) is 24.9 Å². The van der Waals surface area contributed by atoms with E-state index in [2.05, 4.69) is 15.6 Å². The number of carbonyl (C=O) groups is 1. The van der Waals surface area contributed by atoms with E-state index < -0.39 is 10.0 Å². The number of aryl methyl sites for hydroxylation is 1. The summed E-state index contributed by atoms with van der Waals surface area (Å²) in [4.78, 5) is 16.9. The van der Waals surface area contributed by atoms with Gasteiger partial charge in [0.1, 0.15) is 4.90 Å². The molecule has 2 aromatic carbocycles. The number of sulfonamides is 1. The largest absolute Gasteiger partial charge is 0.380 e. The average Bonchev–Trinajstić information content (AvgIpc) is 2.88. The third-order valence-electron chi connectivity index (χ3n) is 5.61. The van der Waals surface area contributed by atoms with Crippen LogP contribution in [0.3, 0.4) is 0 Å². The zero-order valence-electron chi connectivity index (χ0n) is 19.0. The van der Waals surface area contributed by atoms with Crippen molar-refractivity contribution in [1.82, 2.24) is 14.6 Å². The molecule has 0 saturated carbocycles. The van der Waals surface area contributed by atoms with Crippen molar-refractivity contribution >= 4 is 21.6 Å². The lowest BCUT2D eigenvalue weighted by molar-refractivity contribution is 0.0730. The molecule has 0 spiro atoms. The van der Waals surface area contributed by atoms with E-state index in [0.717, 1.165) is 16.7 Å². The van der Waals surface area contributed by atoms with Gasteiger partial charge in [-0.15, -0.1) is 0 Å². The summed E-state index contributed by atoms with van der Waals surface area (Å²) in [5.74, 6) is -0.354. The van der Waals surface area contributed by atoms with Crippen LogP contribution in [-0.4, -0.2) is 49.9 Å². The third-order valence-corrected chi connectivity index (χ3v) is 7.55. The Morgan fingerprint density at radius 2 is 1.79 bits per heavy atom. The Morgan fingerprint density at radius 1 is 1.03 bits per heavy atom. The minimum absolute atomic E-state index is 0.0792. The number of morpholine rings is 1. The van der Waals surface area contributed by atoms with Crippen molar-refractivity contribution in [2.24, 2.45) is 0 Å². The number of hydrogen-bond acceptors (Lipinski definition) is 6. The molecule has 0 unspecified atom stereocenters. The monoisotopic (exact) mass is 480 g/mol. The molecule has 178 valence electrons. The van der Waals surface area contributed by atoms with Crippen LogP contribution in [0.2, 0.25) is 0 Å². The molecule has 9 heteroatoms. The van der Waals surface area contributed by atoms with Gasteiger partial charge in [0.05, 0.1) is 18.9 Å². The zero-order valence-corrected chi connectivity index (χ0v) is 19.8. The van der Waals surface area contributed by atoms with E-state index in [9.17, 15) is 13.2 Å². The summed E-state index contributed by atoms with van der Waals surface area (Å²) in [5.41, 5.74) is 3.76. The first-order chi connectivity index (χ1) is 16.4. The number of carbonyl (C=O) groups excluding carboxylic acids is 1. The van der Waals surface area contributed by atoms with E-state index in [1.165, 1.54) is 10.4 Å². The van der Waals surface area contributed by atoms with Crippen molar-refractivity contribution in [1.29, 1.82) is 0 Å². The topological polar surface area (TPSA) is 101 Å². The van der Waals surface area contributed by atoms with E-state index in [1.54, 1.807) is 30.6 Å². The van der Waals surface area contributed by atoms with Gasteiger partial charge in [-0.1, -0.05) is 35.9 Å². The molecule has 0 aliphatic carbocycles. The van der Waals surface area contributed by atoms with Crippen LogP contribution in [0, 0.1) is 6.92 Å². The summed E-state index contributed by atoms with van der Waals surface area (Å²) in [6.45, 7) is 4.01. The van der Waals surface area contributed by atoms with Crippen LogP contribution in [0.1, 0.15) is 27.0 Å². The van der Waals surface area contributed by atoms with Gasteiger partial charge in [-0.2, -0.15) is 4.31 Å². The Kier molecular flexibility index (Phi) is 7.56. The number of pyridine rings is 1. The standard InChI is InChI=1S/C25H28N4O4S/c1-19-4-6-20(7-5-19)17-27-23-9-8-22(25(30)28-18-21-3-2-10-26-16-21)15-24(23)34(31,32)29-11-13-33-14-12-29/h2-10,15-16,27H,11-14,17-18H2,1H3,(H,28,30). The van der Waals surface area contributed by atoms with Gasteiger partial charge >= 0.3 is 0 Å². The molecule has 1 aromatic heterocycles. The predicted molar refractivity (Wildman–Crippen MR) is 130 cm³/mol. The summed E-state index contributed by atoms with van der Waals surface area (Å²) >= 11 is 0. The van der Waals surface area contributed by atoms with E-state index >= 15 is 0 Å². The van der Waals surface area contributed by atoms with Gasteiger partial charge in [0.25, 0.3) is 5.91 Å². The Hall–Kier alpha value is -3.27. The maximum Gasteiger partial charge on any atom is 0.251 e. The fourth-order valence-electron chi connectivity index (χ4n) is 3.64. The van der Waals surface area contributed by atoms with E-state index in [4.69, 9.17) is 4.74 Å². The van der Waals surface area contributed by atoms with Gasteiger partial charge < -0.3 is 15.4 Å². The van der Waals surface area contributed by atoms with Gasteiger partial charge in [0, 0.05) is 44.1 Å². The van der Waals surface area contributed by atoms with E-state index in [1.807, 2.05) is 37.3 Å². The second-order valence-electron chi connectivity index (χ2n) is 8.11. The number of rotatable bonds is 8. The second kappa shape index (κ2) is 10.8. The minimum atomic E-state index is -3.83. The summed E-state index contributed by atoms with van der Waals surface area (Å²) < 4.78 is 33.7. The maximum atomic E-state index is 13.5. The molecular formula is C25H28N4O4S. The van der Waals surface area contributed by atoms with Crippen molar-refractivity contribution in [2.75, 3.05) is 31.6 Å². The summed E-state index contributed by atoms with van der Waals surface area (Å²) in [5, 5.41) is 6.07. The van der Waals surface area contributed by atoms with Crippen molar-refractivity contribution < 1.29 is 17.9 Å². The summed E-state index contributed by atoms with van der Waals surface area (Å²) in [6, 6.07) is 16.4. The molecule has 0 bridgehead atoms. The molecule has 1 amide bonds. The lowest BCUT2D eigenvalue weighted by Gasteiger charge is -2.27. The molecule has 2 heterocycles. The Labute approximate surface area is 200 Å². The van der Waals surface area contributed by atoms with Crippen LogP contribution in [0.15, 0.2) is 71.9 Å². The number of anilines is 1. The first-order valence-corrected chi connectivity index (χ1v) is 12.6. The Balaban J connectivity index is 1.59. The van der Waals surface area contributed by atoms with Crippen LogP contribution in [0.5, 0.6) is 0 Å². The number of aromatic nitrogens is 1. The zero-order chi connectivity index (χ0) is 24.0. The van der Waals surface area contributed by atoms with Gasteiger partial charge in [-0.05, 0) is 42.3 Å². The molecule has 1 aliphatic heterocycles. The van der Waals surface area contributed by atoms with Crippen molar-refractivity contribution in [3.8, 4) is 0 Å². The highest BCUT2D eigenvalue weighted by Crippen LogP contribution is 2.27. The highest BCUT2D eigenvalue weighted by atomic mass is 32.2. The predicted octanol–water partition coefficient (Wildman–Crippen LogP) is 2.95. The fraction of sp³-hybridized carbons (Fsp3) is 0.280. The Bertz CT molecular complexity index is 1230. The number of ether oxygens (including phenoxy) is 1. The molecule has 4 rings (SSSR count). The molecule has 0 atom stereocenters. The van der Waals surface area contributed by atoms with Crippen LogP contribution < -0.4 is 10.6 Å². The molecule has 1 fully saturated rings. The molecule has 2 N–H and O–H groups in total. The first-order valence-electron chi connectivity index (χ1n) is 11.1. The molecule has 3 aromatic rings. The van der Waals surface area contributed by atoms with Gasteiger partial charge in [-0.25, -0.2) is 8.42 Å². The summed E-state index contributed by atoms with van der Waals surface area (Å²) in [6.07, 6.45) is 3.34. The second-order valence-corrected chi connectivity index (χ2v) is 10.0. The maximum absolute atomic E-state index is 13.5. The Morgan fingerprint density at radius 3 is 2.50 bits per heavy atom. The number of benzene rings is 2. The van der Waals surface area contributed by atoms with Gasteiger partial charge in [-0.3, -0.25) is 9.78 Å². The minimum Gasteiger partial charge on any atom is -0.380 e. The molecule has 0 radical (unpaired) electrons. The highest BCUT2D eigenvalue weighted by Gasteiger charge is 2.29.